The van der Waals surface area contributed by atoms with Gasteiger partial charge in [-0.3, -0.25) is 9.11 Å². The summed E-state index contributed by atoms with van der Waals surface area (Å²) < 4.78 is 82.9. The Kier molecular flexibility index (Phi) is 5.31. The molecule has 0 heterocycles. The van der Waals surface area contributed by atoms with Gasteiger partial charge in [-0.1, -0.05) is 0 Å². The predicted molar refractivity (Wildman–Crippen MR) is 82.8 cm³/mol. The van der Waals surface area contributed by atoms with Crippen LogP contribution in [0.1, 0.15) is 0 Å². The van der Waals surface area contributed by atoms with Crippen LogP contribution < -0.4 is 9.05 Å². The van der Waals surface area contributed by atoms with Gasteiger partial charge in [-0.15, -0.1) is 0 Å². The monoisotopic (exact) mass is 394 g/mol. The van der Waals surface area contributed by atoms with Crippen LogP contribution in [-0.4, -0.2) is 25.9 Å². The lowest BCUT2D eigenvalue weighted by Crippen LogP contribution is -1.98. The average molecular weight is 394 g/mol. The maximum atomic E-state index is 11.8. The molecule has 2 aromatic rings. The molecule has 0 unspecified atom stereocenters. The molecule has 0 radical (unpaired) electrons. The van der Waals surface area contributed by atoms with Gasteiger partial charge in [0, 0.05) is 0 Å². The summed E-state index contributed by atoms with van der Waals surface area (Å²) in [5.41, 5.74) is 0. The van der Waals surface area contributed by atoms with E-state index >= 15 is 0 Å². The molecule has 0 spiro atoms. The van der Waals surface area contributed by atoms with E-state index in [0.29, 0.717) is 0 Å². The molecule has 2 aromatic carbocycles. The Morgan fingerprint density at radius 1 is 0.667 bits per heavy atom. The summed E-state index contributed by atoms with van der Waals surface area (Å²) >= 11 is 0. The molecule has 0 aromatic heterocycles. The minimum atomic E-state index is -4.34. The van der Waals surface area contributed by atoms with Crippen molar-refractivity contribution in [3.8, 4) is 11.5 Å². The highest BCUT2D eigenvalue weighted by Gasteiger charge is 2.12. The Morgan fingerprint density at radius 2 is 0.958 bits per heavy atom. The highest BCUT2D eigenvalue weighted by molar-refractivity contribution is 7.86. The van der Waals surface area contributed by atoms with Gasteiger partial charge < -0.3 is 9.05 Å². The van der Waals surface area contributed by atoms with Gasteiger partial charge in [-0.2, -0.15) is 16.8 Å². The summed E-state index contributed by atoms with van der Waals surface area (Å²) in [6.45, 7) is 0. The zero-order chi connectivity index (χ0) is 18.0. The first-order valence-electron chi connectivity index (χ1n) is 6.10. The number of rotatable bonds is 6. The summed E-state index contributed by atoms with van der Waals surface area (Å²) in [4.78, 5) is -0.701. The molecular weight excluding hydrogens is 383 g/mol. The predicted octanol–water partition coefficient (Wildman–Crippen LogP) is 2.03. The standard InChI is InChI=1S/C12H11O9PS2/c13-22(20-9-1-5-11(6-2-9)23(14,15)16)21-10-3-7-12(8-4-10)24(17,18)19/h1-8,22H,(H,14,15,16)(H,17,18,19). The van der Waals surface area contributed by atoms with Crippen molar-refractivity contribution in [1.29, 1.82) is 0 Å². The molecule has 9 nitrogen and oxygen atoms in total. The Morgan fingerprint density at radius 3 is 1.21 bits per heavy atom. The SMILES string of the molecule is O=[PH](Oc1ccc(S(=O)(=O)O)cc1)Oc1ccc(S(=O)(=O)O)cc1. The zero-order valence-corrected chi connectivity index (χ0v) is 14.3. The summed E-state index contributed by atoms with van der Waals surface area (Å²) in [5.74, 6) is 0.0849. The van der Waals surface area contributed by atoms with Crippen LogP contribution in [0, 0.1) is 0 Å². The Balaban J connectivity index is 2.03. The van der Waals surface area contributed by atoms with Crippen LogP contribution in [0.5, 0.6) is 11.5 Å². The van der Waals surface area contributed by atoms with Crippen molar-refractivity contribution >= 4 is 28.5 Å². The highest BCUT2D eigenvalue weighted by Crippen LogP contribution is 2.31. The van der Waals surface area contributed by atoms with Crippen LogP contribution in [0.3, 0.4) is 0 Å². The fourth-order valence-electron chi connectivity index (χ4n) is 1.57. The first-order valence-corrected chi connectivity index (χ1v) is 10.2. The van der Waals surface area contributed by atoms with E-state index < -0.39 is 28.5 Å². The minimum Gasteiger partial charge on any atom is -0.418 e. The van der Waals surface area contributed by atoms with Crippen LogP contribution in [-0.2, 0) is 24.8 Å². The quantitative estimate of drug-likeness (QED) is 0.555. The van der Waals surface area contributed by atoms with Gasteiger partial charge in [0.25, 0.3) is 20.2 Å². The van der Waals surface area contributed by atoms with Crippen LogP contribution in [0.4, 0.5) is 0 Å². The van der Waals surface area contributed by atoms with E-state index in [-0.39, 0.29) is 21.3 Å². The van der Waals surface area contributed by atoms with E-state index in [1.807, 2.05) is 0 Å². The van der Waals surface area contributed by atoms with Crippen molar-refractivity contribution in [2.45, 2.75) is 9.79 Å². The zero-order valence-electron chi connectivity index (χ0n) is 11.7. The normalized spacial score (nSPS) is 12.1. The van der Waals surface area contributed by atoms with E-state index in [1.54, 1.807) is 0 Å². The van der Waals surface area contributed by atoms with Gasteiger partial charge in [0.1, 0.15) is 11.5 Å². The van der Waals surface area contributed by atoms with Crippen molar-refractivity contribution < 1.29 is 39.6 Å². The first-order chi connectivity index (χ1) is 11.1. The molecule has 130 valence electrons. The van der Waals surface area contributed by atoms with Gasteiger partial charge in [-0.05, 0) is 48.5 Å². The third-order valence-corrected chi connectivity index (χ3v) is 5.19. The molecular formula is C12H11O9PS2. The number of hydrogen-bond donors (Lipinski definition) is 2. The Hall–Kier alpha value is -1.91. The van der Waals surface area contributed by atoms with Gasteiger partial charge in [0.15, 0.2) is 0 Å². The minimum absolute atomic E-state index is 0.0424. The molecule has 0 amide bonds. The lowest BCUT2D eigenvalue weighted by molar-refractivity contribution is 0.415. The molecule has 0 aliphatic rings. The van der Waals surface area contributed by atoms with Crippen molar-refractivity contribution in [2.24, 2.45) is 0 Å². The average Bonchev–Trinajstić information content (AvgIpc) is 2.46. The molecule has 0 bridgehead atoms. The van der Waals surface area contributed by atoms with Gasteiger partial charge in [-0.25, -0.2) is 4.57 Å². The van der Waals surface area contributed by atoms with Crippen LogP contribution in [0.25, 0.3) is 0 Å². The molecule has 0 aliphatic heterocycles. The molecule has 12 heteroatoms. The van der Waals surface area contributed by atoms with E-state index in [4.69, 9.17) is 18.2 Å². The molecule has 0 saturated carbocycles. The fourth-order valence-corrected chi connectivity index (χ4v) is 3.23. The third kappa shape index (κ3) is 5.05. The Labute approximate surface area is 138 Å². The molecule has 2 rings (SSSR count). The lowest BCUT2D eigenvalue weighted by Gasteiger charge is -2.08. The van der Waals surface area contributed by atoms with Crippen LogP contribution in [0.15, 0.2) is 58.3 Å². The number of benzene rings is 2. The van der Waals surface area contributed by atoms with E-state index in [1.165, 1.54) is 24.3 Å². The van der Waals surface area contributed by atoms with Crippen molar-refractivity contribution in [3.05, 3.63) is 48.5 Å². The summed E-state index contributed by atoms with van der Waals surface area (Å²) in [5, 5.41) is 0. The van der Waals surface area contributed by atoms with Gasteiger partial charge in [0.2, 0.25) is 0 Å². The van der Waals surface area contributed by atoms with Gasteiger partial charge >= 0.3 is 8.25 Å². The lowest BCUT2D eigenvalue weighted by atomic mass is 10.3. The summed E-state index contributed by atoms with van der Waals surface area (Å²) in [6.07, 6.45) is 0. The van der Waals surface area contributed by atoms with E-state index in [9.17, 15) is 21.4 Å². The largest absolute Gasteiger partial charge is 0.418 e. The molecule has 0 fully saturated rings. The smallest absolute Gasteiger partial charge is 0.418 e. The molecule has 0 atom stereocenters. The summed E-state index contributed by atoms with van der Waals surface area (Å²) in [7, 11) is -11.7. The second kappa shape index (κ2) is 6.91. The highest BCUT2D eigenvalue weighted by atomic mass is 32.2. The second-order valence-corrected chi connectivity index (χ2v) is 8.10. The van der Waals surface area contributed by atoms with Crippen LogP contribution in [0.2, 0.25) is 0 Å². The van der Waals surface area contributed by atoms with Gasteiger partial charge in [0.05, 0.1) is 9.79 Å². The molecule has 0 aliphatic carbocycles. The van der Waals surface area contributed by atoms with Crippen molar-refractivity contribution in [3.63, 3.8) is 0 Å². The van der Waals surface area contributed by atoms with Crippen LogP contribution >= 0.6 is 8.25 Å². The second-order valence-electron chi connectivity index (χ2n) is 4.35. The third-order valence-electron chi connectivity index (χ3n) is 2.65. The Bertz CT molecular complexity index is 869. The van der Waals surface area contributed by atoms with Crippen molar-refractivity contribution in [1.82, 2.24) is 0 Å². The molecule has 24 heavy (non-hydrogen) atoms. The topological polar surface area (TPSA) is 144 Å². The molecule has 2 N–H and O–H groups in total. The summed E-state index contributed by atoms with van der Waals surface area (Å²) in [6, 6.07) is 8.93. The maximum Gasteiger partial charge on any atom is 0.418 e. The van der Waals surface area contributed by atoms with E-state index in [0.717, 1.165) is 24.3 Å². The molecule has 0 saturated heterocycles. The van der Waals surface area contributed by atoms with Crippen molar-refractivity contribution in [2.75, 3.05) is 0 Å². The van der Waals surface area contributed by atoms with E-state index in [2.05, 4.69) is 0 Å². The first kappa shape index (κ1) is 18.4. The maximum absolute atomic E-state index is 11.8. The number of hydrogen-bond acceptors (Lipinski definition) is 7. The fraction of sp³-hybridized carbons (Fsp3) is 0.